The molecule has 1 fully saturated rings. The molecule has 1 aliphatic rings. The van der Waals surface area contributed by atoms with Gasteiger partial charge in [0.2, 0.25) is 0 Å². The fraction of sp³-hybridized carbons (Fsp3) is 0.462. The second-order valence-electron chi connectivity index (χ2n) is 4.75. The van der Waals surface area contributed by atoms with Crippen molar-refractivity contribution in [3.63, 3.8) is 0 Å². The van der Waals surface area contributed by atoms with Gasteiger partial charge in [-0.3, -0.25) is 4.18 Å². The molecule has 112 valence electrons. The Morgan fingerprint density at radius 2 is 2.05 bits per heavy atom. The van der Waals surface area contributed by atoms with Crippen LogP contribution in [0.1, 0.15) is 16.8 Å². The van der Waals surface area contributed by atoms with Crippen LogP contribution in [0.4, 0.5) is 0 Å². The predicted molar refractivity (Wildman–Crippen MR) is 75.5 cm³/mol. The highest BCUT2D eigenvalue weighted by atomic mass is 32.2. The molecule has 6 nitrogen and oxygen atoms in total. The molecule has 0 amide bonds. The summed E-state index contributed by atoms with van der Waals surface area (Å²) in [4.78, 5) is 12.0. The van der Waals surface area contributed by atoms with Gasteiger partial charge in [0.1, 0.15) is 20.1 Å². The summed E-state index contributed by atoms with van der Waals surface area (Å²) in [5.41, 5.74) is 0.403. The quantitative estimate of drug-likeness (QED) is 0.447. The van der Waals surface area contributed by atoms with Crippen LogP contribution in [0.2, 0.25) is 0 Å². The molecule has 0 aliphatic carbocycles. The zero-order valence-electron chi connectivity index (χ0n) is 11.5. The highest BCUT2D eigenvalue weighted by Gasteiger charge is 2.36. The van der Waals surface area contributed by atoms with Crippen molar-refractivity contribution in [3.8, 4) is 0 Å². The number of hydrogen-bond donors (Lipinski definition) is 0. The van der Waals surface area contributed by atoms with Gasteiger partial charge >= 0.3 is 5.97 Å². The molecule has 1 heterocycles. The van der Waals surface area contributed by atoms with Crippen molar-refractivity contribution in [2.75, 3.05) is 12.9 Å². The molecule has 0 spiro atoms. The monoisotopic (exact) mass is 310 g/mol. The van der Waals surface area contributed by atoms with Crippen LogP contribution in [0.25, 0.3) is 0 Å². The molecule has 1 aromatic rings. The van der Waals surface area contributed by atoms with E-state index in [-0.39, 0.29) is 13.0 Å². The van der Waals surface area contributed by atoms with Crippen LogP contribution < -0.4 is 0 Å². The summed E-state index contributed by atoms with van der Waals surface area (Å²) >= 11 is 0. The number of ether oxygens (including phenoxy) is 2. The van der Waals surface area contributed by atoms with Crippen LogP contribution in [-0.4, -0.2) is 53.3 Å². The van der Waals surface area contributed by atoms with E-state index in [1.54, 1.807) is 30.3 Å². The molecule has 1 aromatic carbocycles. The van der Waals surface area contributed by atoms with Crippen LogP contribution in [0.15, 0.2) is 30.3 Å². The normalized spacial score (nSPS) is 25.7. The highest BCUT2D eigenvalue weighted by molar-refractivity contribution is 7.85. The number of hydrogen-bond acceptors (Lipinski definition) is 6. The Balaban J connectivity index is 1.98. The average molecular weight is 310 g/mol. The summed E-state index contributed by atoms with van der Waals surface area (Å²) in [7, 11) is 2.06. The van der Waals surface area contributed by atoms with Crippen molar-refractivity contribution >= 4 is 23.9 Å². The molecule has 3 atom stereocenters. The molecular weight excluding hydrogens is 295 g/mol. The molecule has 1 saturated heterocycles. The molecule has 0 N–H and O–H groups in total. The molecule has 8 heteroatoms. The summed E-state index contributed by atoms with van der Waals surface area (Å²) in [6.07, 6.45) is -0.125. The largest absolute Gasteiger partial charge is 0.456 e. The molecule has 0 bridgehead atoms. The third-order valence-electron chi connectivity index (χ3n) is 2.94. The maximum atomic E-state index is 12.0. The lowest BCUT2D eigenvalue weighted by atomic mass is 9.96. The minimum absolute atomic E-state index is 0.237. The lowest BCUT2D eigenvalue weighted by molar-refractivity contribution is -0.0178. The third-order valence-corrected chi connectivity index (χ3v) is 3.51. The van der Waals surface area contributed by atoms with Crippen LogP contribution >= 0.6 is 0 Å². The van der Waals surface area contributed by atoms with Crippen molar-refractivity contribution in [1.29, 1.82) is 0 Å². The van der Waals surface area contributed by atoms with E-state index in [2.05, 4.69) is 4.18 Å². The van der Waals surface area contributed by atoms with Gasteiger partial charge in [0, 0.05) is 12.4 Å². The van der Waals surface area contributed by atoms with Crippen LogP contribution in [-0.2, 0) is 23.8 Å². The Labute approximate surface area is 124 Å². The Morgan fingerprint density at radius 1 is 1.38 bits per heavy atom. The molecule has 0 saturated carbocycles. The fourth-order valence-corrected chi connectivity index (χ4v) is 2.37. The number of esters is 1. The molecular formula is C13H15BO6S. The van der Waals surface area contributed by atoms with E-state index in [0.29, 0.717) is 5.56 Å². The lowest BCUT2D eigenvalue weighted by Gasteiger charge is -2.18. The zero-order chi connectivity index (χ0) is 15.5. The lowest BCUT2D eigenvalue weighted by Crippen LogP contribution is -2.32. The van der Waals surface area contributed by atoms with E-state index >= 15 is 0 Å². The van der Waals surface area contributed by atoms with E-state index < -0.39 is 34.3 Å². The summed E-state index contributed by atoms with van der Waals surface area (Å²) in [6.45, 7) is -0.237. The average Bonchev–Trinajstić information content (AvgIpc) is 2.77. The molecule has 0 aromatic heterocycles. The Bertz CT molecular complexity index is 588. The molecule has 1 aliphatic heterocycles. The van der Waals surface area contributed by atoms with Crippen molar-refractivity contribution in [1.82, 2.24) is 0 Å². The Kier molecular flexibility index (Phi) is 5.02. The van der Waals surface area contributed by atoms with Gasteiger partial charge in [-0.1, -0.05) is 18.2 Å². The fourth-order valence-electron chi connectivity index (χ4n) is 1.99. The van der Waals surface area contributed by atoms with Crippen molar-refractivity contribution in [3.05, 3.63) is 35.9 Å². The summed E-state index contributed by atoms with van der Waals surface area (Å²) in [6, 6.07) is 7.86. The zero-order valence-corrected chi connectivity index (χ0v) is 12.3. The van der Waals surface area contributed by atoms with Crippen LogP contribution in [0.5, 0.6) is 0 Å². The standard InChI is InChI=1S/C13H15BO6S/c1-21(16,17)18-8-11-10(7-12(14)19-11)20-13(15)9-5-3-2-4-6-9/h2-6,10-12H,7-8H2,1H3/t10-,11-,12-/m1/s1. The van der Waals surface area contributed by atoms with E-state index in [0.717, 1.165) is 6.26 Å². The molecule has 2 radical (unpaired) electrons. The summed E-state index contributed by atoms with van der Waals surface area (Å²) < 4.78 is 37.3. The smallest absolute Gasteiger partial charge is 0.338 e. The van der Waals surface area contributed by atoms with Gasteiger partial charge in [0.15, 0.2) is 0 Å². The van der Waals surface area contributed by atoms with E-state index in [1.807, 2.05) is 0 Å². The van der Waals surface area contributed by atoms with Gasteiger partial charge < -0.3 is 9.47 Å². The Morgan fingerprint density at radius 3 is 2.67 bits per heavy atom. The molecule has 2 rings (SSSR count). The summed E-state index contributed by atoms with van der Waals surface area (Å²) in [5.74, 6) is -0.511. The maximum Gasteiger partial charge on any atom is 0.338 e. The highest BCUT2D eigenvalue weighted by Crippen LogP contribution is 2.23. The number of rotatable bonds is 5. The number of carbonyl (C=O) groups excluding carboxylic acids is 1. The van der Waals surface area contributed by atoms with Gasteiger partial charge in [-0.25, -0.2) is 4.79 Å². The second-order valence-corrected chi connectivity index (χ2v) is 6.39. The minimum atomic E-state index is -3.59. The topological polar surface area (TPSA) is 78.9 Å². The third kappa shape index (κ3) is 4.84. The van der Waals surface area contributed by atoms with Crippen molar-refractivity contribution < 1.29 is 26.9 Å². The van der Waals surface area contributed by atoms with Crippen molar-refractivity contribution in [2.24, 2.45) is 0 Å². The first-order chi connectivity index (χ1) is 9.85. The van der Waals surface area contributed by atoms with Gasteiger partial charge in [-0.2, -0.15) is 8.42 Å². The van der Waals surface area contributed by atoms with Gasteiger partial charge in [0.05, 0.1) is 18.4 Å². The predicted octanol–water partition coefficient (Wildman–Crippen LogP) is 0.472. The first-order valence-electron chi connectivity index (χ1n) is 6.36. The Hall–Kier alpha value is -1.38. The first kappa shape index (κ1) is 16.0. The SMILES string of the molecule is [B][C@H]1C[C@@H](OC(=O)c2ccccc2)[C@@H](COS(C)(=O)=O)O1. The van der Waals surface area contributed by atoms with E-state index in [9.17, 15) is 13.2 Å². The van der Waals surface area contributed by atoms with E-state index in [4.69, 9.17) is 17.3 Å². The molecule has 0 unspecified atom stereocenters. The summed E-state index contributed by atoms with van der Waals surface area (Å²) in [5, 5.41) is 0. The van der Waals surface area contributed by atoms with E-state index in [1.165, 1.54) is 0 Å². The first-order valence-corrected chi connectivity index (χ1v) is 8.18. The van der Waals surface area contributed by atoms with Crippen LogP contribution in [0, 0.1) is 0 Å². The number of carbonyl (C=O) groups is 1. The van der Waals surface area contributed by atoms with Gasteiger partial charge in [-0.15, -0.1) is 0 Å². The van der Waals surface area contributed by atoms with Gasteiger partial charge in [0.25, 0.3) is 10.1 Å². The number of benzene rings is 1. The molecule has 21 heavy (non-hydrogen) atoms. The van der Waals surface area contributed by atoms with Gasteiger partial charge in [-0.05, 0) is 12.1 Å². The maximum absolute atomic E-state index is 12.0. The van der Waals surface area contributed by atoms with Crippen molar-refractivity contribution in [2.45, 2.75) is 24.6 Å². The van der Waals surface area contributed by atoms with Crippen LogP contribution in [0.3, 0.4) is 0 Å². The minimum Gasteiger partial charge on any atom is -0.456 e. The second kappa shape index (κ2) is 6.59.